The molecule has 130 valence electrons. The van der Waals surface area contributed by atoms with Crippen LogP contribution in [0.15, 0.2) is 5.38 Å². The number of carbonyl (C=O) groups excluding carboxylic acids is 2. The van der Waals surface area contributed by atoms with Crippen molar-refractivity contribution in [3.63, 3.8) is 0 Å². The quantitative estimate of drug-likeness (QED) is 0.812. The Morgan fingerprint density at radius 3 is 2.92 bits per heavy atom. The van der Waals surface area contributed by atoms with E-state index in [4.69, 9.17) is 5.11 Å². The summed E-state index contributed by atoms with van der Waals surface area (Å²) < 4.78 is 0. The Hall–Kier alpha value is -1.80. The molecule has 2 atom stereocenters. The van der Waals surface area contributed by atoms with Crippen LogP contribution < -0.4 is 4.90 Å². The second-order valence-corrected chi connectivity index (χ2v) is 7.11. The molecule has 2 fully saturated rings. The van der Waals surface area contributed by atoms with Crippen molar-refractivity contribution >= 4 is 34.3 Å². The molecule has 1 aromatic heterocycles. The highest BCUT2D eigenvalue weighted by Gasteiger charge is 2.45. The van der Waals surface area contributed by atoms with Gasteiger partial charge in [0.15, 0.2) is 5.13 Å². The third-order valence-corrected chi connectivity index (χ3v) is 5.60. The van der Waals surface area contributed by atoms with E-state index in [0.717, 1.165) is 42.0 Å². The highest BCUT2D eigenvalue weighted by atomic mass is 32.1. The lowest BCUT2D eigenvalue weighted by Crippen LogP contribution is -2.49. The van der Waals surface area contributed by atoms with Crippen molar-refractivity contribution < 1.29 is 19.5 Å². The number of likely N-dealkylation sites (tertiary alicyclic amines) is 1. The predicted octanol–water partition coefficient (Wildman–Crippen LogP) is 1.67. The molecule has 3 heterocycles. The van der Waals surface area contributed by atoms with E-state index in [9.17, 15) is 14.4 Å². The maximum Gasteiger partial charge on any atom is 0.309 e. The van der Waals surface area contributed by atoms with Gasteiger partial charge in [-0.2, -0.15) is 0 Å². The van der Waals surface area contributed by atoms with Crippen molar-refractivity contribution in [2.24, 2.45) is 0 Å². The van der Waals surface area contributed by atoms with Crippen LogP contribution in [0, 0.1) is 0 Å². The Kier molecular flexibility index (Phi) is 4.96. The summed E-state index contributed by atoms with van der Waals surface area (Å²) in [5.41, 5.74) is 0.371. The summed E-state index contributed by atoms with van der Waals surface area (Å²) >= 11 is 1.14. The number of aliphatic carboxylic acids is 1. The first-order valence-electron chi connectivity index (χ1n) is 8.30. The molecule has 0 spiro atoms. The van der Waals surface area contributed by atoms with E-state index < -0.39 is 12.0 Å². The molecule has 0 radical (unpaired) electrons. The summed E-state index contributed by atoms with van der Waals surface area (Å²) in [6.45, 7) is 2.96. The fourth-order valence-corrected chi connectivity index (χ4v) is 4.43. The van der Waals surface area contributed by atoms with E-state index in [2.05, 4.69) is 16.8 Å². The summed E-state index contributed by atoms with van der Waals surface area (Å²) in [7, 11) is 0. The lowest BCUT2D eigenvalue weighted by Gasteiger charge is -2.38. The lowest BCUT2D eigenvalue weighted by molar-refractivity contribution is -0.136. The highest BCUT2D eigenvalue weighted by Crippen LogP contribution is 2.32. The second kappa shape index (κ2) is 6.98. The first kappa shape index (κ1) is 17.0. The molecule has 24 heavy (non-hydrogen) atoms. The Balaban J connectivity index is 1.78. The molecule has 0 saturated carbocycles. The monoisotopic (exact) mass is 351 g/mol. The summed E-state index contributed by atoms with van der Waals surface area (Å²) in [4.78, 5) is 43.5. The molecule has 7 nitrogen and oxygen atoms in total. The van der Waals surface area contributed by atoms with Crippen LogP contribution in [0.4, 0.5) is 5.13 Å². The van der Waals surface area contributed by atoms with Crippen LogP contribution in [0.25, 0.3) is 0 Å². The largest absolute Gasteiger partial charge is 0.481 e. The number of piperidine rings is 1. The van der Waals surface area contributed by atoms with Crippen LogP contribution in [0.5, 0.6) is 0 Å². The second-order valence-electron chi connectivity index (χ2n) is 6.27. The van der Waals surface area contributed by atoms with Crippen LogP contribution in [0.2, 0.25) is 0 Å². The van der Waals surface area contributed by atoms with Gasteiger partial charge in [-0.25, -0.2) is 9.88 Å². The van der Waals surface area contributed by atoms with E-state index >= 15 is 0 Å². The lowest BCUT2D eigenvalue weighted by atomic mass is 9.97. The summed E-state index contributed by atoms with van der Waals surface area (Å²) in [6, 6.07) is -0.0612. The Morgan fingerprint density at radius 1 is 1.42 bits per heavy atom. The van der Waals surface area contributed by atoms with E-state index in [0.29, 0.717) is 11.7 Å². The van der Waals surface area contributed by atoms with E-state index in [1.165, 1.54) is 6.42 Å². The number of nitrogens with zero attached hydrogens (tertiary/aromatic N) is 3. The van der Waals surface area contributed by atoms with Crippen molar-refractivity contribution in [1.29, 1.82) is 0 Å². The number of aromatic nitrogens is 1. The van der Waals surface area contributed by atoms with Gasteiger partial charge in [-0.15, -0.1) is 11.3 Å². The highest BCUT2D eigenvalue weighted by molar-refractivity contribution is 7.14. The van der Waals surface area contributed by atoms with Gasteiger partial charge in [0.25, 0.3) is 5.91 Å². The number of carbonyl (C=O) groups is 3. The minimum atomic E-state index is -0.983. The Bertz CT molecular complexity index is 660. The number of hydrogen-bond acceptors (Lipinski definition) is 6. The molecule has 0 bridgehead atoms. The molecule has 2 aliphatic heterocycles. The molecular formula is C16H21N3O4S. The molecule has 1 aromatic rings. The van der Waals surface area contributed by atoms with Crippen molar-refractivity contribution in [3.05, 3.63) is 11.1 Å². The number of imide groups is 1. The Labute approximate surface area is 144 Å². The predicted molar refractivity (Wildman–Crippen MR) is 89.0 cm³/mol. The fraction of sp³-hybridized carbons (Fsp3) is 0.625. The van der Waals surface area contributed by atoms with Crippen molar-refractivity contribution in [2.75, 3.05) is 11.4 Å². The first-order valence-corrected chi connectivity index (χ1v) is 9.18. The number of hydrogen-bond donors (Lipinski definition) is 1. The van der Waals surface area contributed by atoms with Gasteiger partial charge < -0.3 is 5.11 Å². The zero-order chi connectivity index (χ0) is 17.3. The SMILES string of the molecule is CCC1CCCCN1C1CC(=O)N(c2nc(CC(=O)O)cs2)C1=O. The Morgan fingerprint density at radius 2 is 2.21 bits per heavy atom. The van der Waals surface area contributed by atoms with E-state index in [-0.39, 0.29) is 29.8 Å². The van der Waals surface area contributed by atoms with Crippen LogP contribution in [0.1, 0.15) is 44.7 Å². The first-order chi connectivity index (χ1) is 11.5. The molecular weight excluding hydrogens is 330 g/mol. The number of rotatable bonds is 5. The number of anilines is 1. The third-order valence-electron chi connectivity index (χ3n) is 4.73. The smallest absolute Gasteiger partial charge is 0.309 e. The molecule has 3 rings (SSSR count). The number of thiazole rings is 1. The van der Waals surface area contributed by atoms with Crippen molar-refractivity contribution in [1.82, 2.24) is 9.88 Å². The topological polar surface area (TPSA) is 90.8 Å². The average molecular weight is 351 g/mol. The van der Waals surface area contributed by atoms with Gasteiger partial charge in [0, 0.05) is 11.4 Å². The normalized spacial score (nSPS) is 25.5. The van der Waals surface area contributed by atoms with Crippen molar-refractivity contribution in [3.8, 4) is 0 Å². The summed E-state index contributed by atoms with van der Waals surface area (Å²) in [5, 5.41) is 10.7. The zero-order valence-corrected chi connectivity index (χ0v) is 14.4. The zero-order valence-electron chi connectivity index (χ0n) is 13.6. The van der Waals surface area contributed by atoms with E-state index in [1.807, 2.05) is 0 Å². The third kappa shape index (κ3) is 3.21. The van der Waals surface area contributed by atoms with Gasteiger partial charge in [-0.3, -0.25) is 19.3 Å². The molecule has 0 aliphatic carbocycles. The van der Waals surface area contributed by atoms with Gasteiger partial charge in [0.05, 0.1) is 24.6 Å². The molecule has 8 heteroatoms. The van der Waals surface area contributed by atoms with E-state index in [1.54, 1.807) is 5.38 Å². The standard InChI is InChI=1S/C16H21N3O4S/c1-2-11-5-3-4-6-18(11)12-8-13(20)19(15(12)23)16-17-10(9-24-16)7-14(21)22/h9,11-12H,2-8H2,1H3,(H,21,22). The van der Waals surface area contributed by atoms with Crippen LogP contribution in [-0.2, 0) is 20.8 Å². The molecule has 2 amide bonds. The summed E-state index contributed by atoms with van der Waals surface area (Å²) in [5.74, 6) is -1.46. The number of amides is 2. The fourth-order valence-electron chi connectivity index (χ4n) is 3.58. The maximum absolute atomic E-state index is 12.8. The van der Waals surface area contributed by atoms with Crippen molar-refractivity contribution in [2.45, 2.75) is 57.5 Å². The van der Waals surface area contributed by atoms with Gasteiger partial charge in [0.1, 0.15) is 0 Å². The molecule has 2 aliphatic rings. The van der Waals surface area contributed by atoms with Gasteiger partial charge in [-0.1, -0.05) is 13.3 Å². The average Bonchev–Trinajstić information content (AvgIpc) is 3.10. The van der Waals surface area contributed by atoms with Gasteiger partial charge >= 0.3 is 5.97 Å². The minimum absolute atomic E-state index is 0.184. The summed E-state index contributed by atoms with van der Waals surface area (Å²) in [6.07, 6.45) is 4.23. The molecule has 0 aromatic carbocycles. The molecule has 1 N–H and O–H groups in total. The van der Waals surface area contributed by atoms with Crippen LogP contribution in [0.3, 0.4) is 0 Å². The van der Waals surface area contributed by atoms with Crippen LogP contribution >= 0.6 is 11.3 Å². The maximum atomic E-state index is 12.8. The minimum Gasteiger partial charge on any atom is -0.481 e. The van der Waals surface area contributed by atoms with Crippen LogP contribution in [-0.4, -0.2) is 51.4 Å². The van der Waals surface area contributed by atoms with Gasteiger partial charge in [-0.05, 0) is 25.8 Å². The number of carboxylic acids is 1. The molecule has 2 unspecified atom stereocenters. The van der Waals surface area contributed by atoms with Gasteiger partial charge in [0.2, 0.25) is 5.91 Å². The molecule has 2 saturated heterocycles. The number of carboxylic acid groups (broad SMARTS) is 1.